The molecule has 0 aliphatic heterocycles. The fourth-order valence-corrected chi connectivity index (χ4v) is 3.00. The summed E-state index contributed by atoms with van der Waals surface area (Å²) in [4.78, 5) is 13.1. The van der Waals surface area contributed by atoms with Crippen LogP contribution in [0.2, 0.25) is 0 Å². The Morgan fingerprint density at radius 3 is 2.38 bits per heavy atom. The van der Waals surface area contributed by atoms with Gasteiger partial charge in [-0.2, -0.15) is 0 Å². The molecule has 0 aliphatic rings. The molecule has 0 atom stereocenters. The Bertz CT molecular complexity index is 651. The summed E-state index contributed by atoms with van der Waals surface area (Å²) in [5.41, 5.74) is 1.25. The molecule has 0 saturated carbocycles. The molecule has 4 heteroatoms. The number of hydrogen-bond acceptors (Lipinski definition) is 3. The highest BCUT2D eigenvalue weighted by molar-refractivity contribution is 7.13. The third-order valence-electron chi connectivity index (χ3n) is 3.14. The van der Waals surface area contributed by atoms with Crippen molar-refractivity contribution >= 4 is 17.4 Å². The van der Waals surface area contributed by atoms with E-state index in [1.807, 2.05) is 36.4 Å². The number of thiophene rings is 1. The lowest BCUT2D eigenvalue weighted by atomic mass is 9.95. The summed E-state index contributed by atoms with van der Waals surface area (Å²) in [6.07, 6.45) is 2.03. The van der Waals surface area contributed by atoms with Crippen LogP contribution in [-0.4, -0.2) is 4.92 Å². The zero-order chi connectivity index (χ0) is 15.5. The highest BCUT2D eigenvalue weighted by Crippen LogP contribution is 2.30. The second-order valence-electron chi connectivity index (χ2n) is 6.01. The average molecular weight is 301 g/mol. The van der Waals surface area contributed by atoms with Gasteiger partial charge >= 0.3 is 0 Å². The van der Waals surface area contributed by atoms with E-state index in [0.29, 0.717) is 6.42 Å². The predicted molar refractivity (Wildman–Crippen MR) is 88.1 cm³/mol. The molecule has 3 nitrogen and oxygen atoms in total. The molecule has 0 saturated heterocycles. The van der Waals surface area contributed by atoms with E-state index in [9.17, 15) is 10.1 Å². The van der Waals surface area contributed by atoms with Crippen molar-refractivity contribution in [3.05, 3.63) is 73.6 Å². The minimum absolute atomic E-state index is 0.0744. The van der Waals surface area contributed by atoms with Crippen LogP contribution in [0.15, 0.2) is 48.2 Å². The van der Waals surface area contributed by atoms with Gasteiger partial charge < -0.3 is 0 Å². The minimum atomic E-state index is -0.288. The van der Waals surface area contributed by atoms with Gasteiger partial charge in [-0.3, -0.25) is 10.1 Å². The molecule has 1 heterocycles. The van der Waals surface area contributed by atoms with Crippen LogP contribution in [0.1, 0.15) is 36.1 Å². The van der Waals surface area contributed by atoms with Crippen molar-refractivity contribution in [1.82, 2.24) is 0 Å². The molecule has 110 valence electrons. The lowest BCUT2D eigenvalue weighted by molar-refractivity contribution is -0.425. The molecule has 2 rings (SSSR count). The second-order valence-corrected chi connectivity index (χ2v) is 7.12. The Morgan fingerprint density at radius 1 is 1.19 bits per heavy atom. The molecule has 0 unspecified atom stereocenters. The number of nitrogens with zero attached hydrogens (tertiary/aromatic N) is 1. The smallest absolute Gasteiger partial charge is 0.252 e. The summed E-state index contributed by atoms with van der Waals surface area (Å²) in [6.45, 7) is 6.43. The first-order valence-corrected chi connectivity index (χ1v) is 7.67. The Kier molecular flexibility index (Phi) is 4.58. The molecule has 0 N–H and O–H groups in total. The van der Waals surface area contributed by atoms with E-state index in [4.69, 9.17) is 0 Å². The first-order chi connectivity index (χ1) is 9.86. The van der Waals surface area contributed by atoms with E-state index >= 15 is 0 Å². The molecular formula is C17H19NO2S. The Balaban J connectivity index is 2.26. The molecule has 1 aromatic carbocycles. The first kappa shape index (κ1) is 15.4. The van der Waals surface area contributed by atoms with Crippen LogP contribution < -0.4 is 0 Å². The van der Waals surface area contributed by atoms with E-state index in [1.165, 1.54) is 4.88 Å². The molecule has 1 aromatic heterocycles. The molecule has 21 heavy (non-hydrogen) atoms. The van der Waals surface area contributed by atoms with Crippen LogP contribution in [0.25, 0.3) is 6.08 Å². The van der Waals surface area contributed by atoms with Crippen LogP contribution >= 0.6 is 11.3 Å². The van der Waals surface area contributed by atoms with Crippen molar-refractivity contribution in [3.8, 4) is 0 Å². The zero-order valence-electron chi connectivity index (χ0n) is 12.5. The van der Waals surface area contributed by atoms with Gasteiger partial charge in [-0.05, 0) is 23.1 Å². The molecule has 0 radical (unpaired) electrons. The topological polar surface area (TPSA) is 43.1 Å². The lowest BCUT2D eigenvalue weighted by Crippen LogP contribution is -2.07. The Labute approximate surface area is 129 Å². The summed E-state index contributed by atoms with van der Waals surface area (Å²) in [5.74, 6) is 0. The summed E-state index contributed by atoms with van der Waals surface area (Å²) in [6, 6.07) is 13.5. The van der Waals surface area contributed by atoms with Crippen molar-refractivity contribution in [3.63, 3.8) is 0 Å². The summed E-state index contributed by atoms with van der Waals surface area (Å²) in [5, 5.41) is 11.3. The fourth-order valence-electron chi connectivity index (χ4n) is 1.97. The Hall–Kier alpha value is -1.94. The molecule has 0 amide bonds. The maximum absolute atomic E-state index is 11.3. The normalized spacial score (nSPS) is 12.4. The number of hydrogen-bond donors (Lipinski definition) is 0. The van der Waals surface area contributed by atoms with Gasteiger partial charge in [0.25, 0.3) is 5.70 Å². The van der Waals surface area contributed by atoms with E-state index in [0.717, 1.165) is 10.4 Å². The zero-order valence-corrected chi connectivity index (χ0v) is 13.3. The van der Waals surface area contributed by atoms with Crippen molar-refractivity contribution in [2.24, 2.45) is 0 Å². The van der Waals surface area contributed by atoms with Gasteiger partial charge in [0.2, 0.25) is 0 Å². The molecule has 0 aliphatic carbocycles. The number of allylic oxidation sites excluding steroid dienone is 1. The predicted octanol–water partition coefficient (Wildman–Crippen LogP) is 4.91. The van der Waals surface area contributed by atoms with Crippen molar-refractivity contribution in [2.75, 3.05) is 0 Å². The monoisotopic (exact) mass is 301 g/mol. The third kappa shape index (κ3) is 4.26. The third-order valence-corrected chi connectivity index (χ3v) is 4.60. The van der Waals surface area contributed by atoms with E-state index < -0.39 is 0 Å². The molecule has 0 fully saturated rings. The number of benzene rings is 1. The van der Waals surface area contributed by atoms with Crippen LogP contribution in [0.3, 0.4) is 0 Å². The standard InChI is InChI=1S/C17H19NO2S/c1-17(2,3)16-10-9-15(21-16)12-14(18(19)20)11-13-7-5-4-6-8-13/h4-10,12H,11H2,1-3H3/b14-12-. The SMILES string of the molecule is CC(C)(C)c1ccc(/C=C(/Cc2ccccc2)[N+](=O)[O-])s1. The maximum atomic E-state index is 11.3. The van der Waals surface area contributed by atoms with Crippen molar-refractivity contribution < 1.29 is 4.92 Å². The van der Waals surface area contributed by atoms with E-state index in [1.54, 1.807) is 17.4 Å². The van der Waals surface area contributed by atoms with Gasteiger partial charge in [0.15, 0.2) is 0 Å². The Morgan fingerprint density at radius 2 is 1.86 bits per heavy atom. The van der Waals surface area contributed by atoms with Crippen LogP contribution in [0, 0.1) is 10.1 Å². The maximum Gasteiger partial charge on any atom is 0.252 e. The van der Waals surface area contributed by atoms with Crippen LogP contribution in [-0.2, 0) is 11.8 Å². The summed E-state index contributed by atoms with van der Waals surface area (Å²) in [7, 11) is 0. The largest absolute Gasteiger partial charge is 0.259 e. The minimum Gasteiger partial charge on any atom is -0.259 e. The van der Waals surface area contributed by atoms with Gasteiger partial charge in [-0.25, -0.2) is 0 Å². The van der Waals surface area contributed by atoms with Gasteiger partial charge in [0, 0.05) is 15.8 Å². The first-order valence-electron chi connectivity index (χ1n) is 6.85. The fraction of sp³-hybridized carbons (Fsp3) is 0.294. The van der Waals surface area contributed by atoms with Gasteiger partial charge in [-0.15, -0.1) is 11.3 Å². The summed E-state index contributed by atoms with van der Waals surface area (Å²) >= 11 is 1.62. The quantitative estimate of drug-likeness (QED) is 0.595. The highest BCUT2D eigenvalue weighted by Gasteiger charge is 2.17. The number of rotatable bonds is 4. The van der Waals surface area contributed by atoms with Crippen LogP contribution in [0.4, 0.5) is 0 Å². The van der Waals surface area contributed by atoms with Gasteiger partial charge in [0.1, 0.15) is 0 Å². The highest BCUT2D eigenvalue weighted by atomic mass is 32.1. The molecule has 0 bridgehead atoms. The molecule has 2 aromatic rings. The summed E-state index contributed by atoms with van der Waals surface area (Å²) < 4.78 is 0. The van der Waals surface area contributed by atoms with Gasteiger partial charge in [-0.1, -0.05) is 51.1 Å². The second kappa shape index (κ2) is 6.22. The molecular weight excluding hydrogens is 282 g/mol. The molecule has 0 spiro atoms. The number of nitro groups is 1. The average Bonchev–Trinajstić information content (AvgIpc) is 2.87. The van der Waals surface area contributed by atoms with Crippen molar-refractivity contribution in [2.45, 2.75) is 32.6 Å². The van der Waals surface area contributed by atoms with Crippen molar-refractivity contribution in [1.29, 1.82) is 0 Å². The van der Waals surface area contributed by atoms with E-state index in [-0.39, 0.29) is 16.0 Å². The van der Waals surface area contributed by atoms with Crippen LogP contribution in [0.5, 0.6) is 0 Å². The van der Waals surface area contributed by atoms with E-state index in [2.05, 4.69) is 26.8 Å². The van der Waals surface area contributed by atoms with Gasteiger partial charge in [0.05, 0.1) is 11.3 Å². The lowest BCUT2D eigenvalue weighted by Gasteiger charge is -2.15.